The summed E-state index contributed by atoms with van der Waals surface area (Å²) in [4.78, 5) is 0. The third-order valence-corrected chi connectivity index (χ3v) is 3.78. The van der Waals surface area contributed by atoms with Crippen molar-refractivity contribution in [3.05, 3.63) is 69.4 Å². The minimum Gasteiger partial charge on any atom is -0.385 e. The highest BCUT2D eigenvalue weighted by atomic mass is 79.9. The second-order valence-electron chi connectivity index (χ2n) is 5.04. The summed E-state index contributed by atoms with van der Waals surface area (Å²) >= 11 is 3.38. The van der Waals surface area contributed by atoms with Gasteiger partial charge in [0.15, 0.2) is 0 Å². The van der Waals surface area contributed by atoms with Gasteiger partial charge in [-0.15, -0.1) is 0 Å². The number of rotatable bonds is 3. The third-order valence-electron chi connectivity index (χ3n) is 3.26. The third kappa shape index (κ3) is 3.43. The van der Waals surface area contributed by atoms with Gasteiger partial charge >= 0.3 is 0 Å². The van der Waals surface area contributed by atoms with Crippen LogP contribution >= 0.6 is 15.9 Å². The molecule has 0 aliphatic heterocycles. The van der Waals surface area contributed by atoms with Crippen molar-refractivity contribution in [3.8, 4) is 0 Å². The van der Waals surface area contributed by atoms with Crippen LogP contribution in [0.15, 0.2) is 46.9 Å². The van der Waals surface area contributed by atoms with Crippen molar-refractivity contribution in [2.75, 3.05) is 0 Å². The highest BCUT2D eigenvalue weighted by molar-refractivity contribution is 9.10. The van der Waals surface area contributed by atoms with Gasteiger partial charge in [0.2, 0.25) is 0 Å². The Hall–Kier alpha value is -1.19. The normalized spacial score (nSPS) is 14.2. The number of hydrogen-bond donors (Lipinski definition) is 1. The SMILES string of the molecule is Cc1ccc(C(C)(O)Cc2ccc(Br)cc2)cc1F. The maximum Gasteiger partial charge on any atom is 0.126 e. The van der Waals surface area contributed by atoms with Crippen LogP contribution in [0.1, 0.15) is 23.6 Å². The number of aryl methyl sites for hydroxylation is 1. The average Bonchev–Trinajstić information content (AvgIpc) is 2.35. The molecule has 0 amide bonds. The Morgan fingerprint density at radius 2 is 1.79 bits per heavy atom. The highest BCUT2D eigenvalue weighted by Crippen LogP contribution is 2.27. The minimum absolute atomic E-state index is 0.284. The van der Waals surface area contributed by atoms with E-state index in [0.29, 0.717) is 17.5 Å². The zero-order valence-corrected chi connectivity index (χ0v) is 12.5. The molecule has 0 heterocycles. The molecule has 2 aromatic rings. The summed E-state index contributed by atoms with van der Waals surface area (Å²) in [6.07, 6.45) is 0.447. The Morgan fingerprint density at radius 3 is 2.37 bits per heavy atom. The van der Waals surface area contributed by atoms with Crippen LogP contribution in [-0.4, -0.2) is 5.11 Å². The topological polar surface area (TPSA) is 20.2 Å². The Bertz CT molecular complexity index is 576. The van der Waals surface area contributed by atoms with E-state index in [2.05, 4.69) is 15.9 Å². The predicted molar refractivity (Wildman–Crippen MR) is 78.6 cm³/mol. The van der Waals surface area contributed by atoms with Crippen LogP contribution in [0.3, 0.4) is 0 Å². The maximum atomic E-state index is 13.6. The van der Waals surface area contributed by atoms with Gasteiger partial charge in [0, 0.05) is 10.9 Å². The van der Waals surface area contributed by atoms with Gasteiger partial charge in [0.25, 0.3) is 0 Å². The quantitative estimate of drug-likeness (QED) is 0.890. The Labute approximate surface area is 121 Å². The molecule has 0 bridgehead atoms. The molecule has 1 nitrogen and oxygen atoms in total. The average molecular weight is 323 g/mol. The lowest BCUT2D eigenvalue weighted by molar-refractivity contribution is 0.0573. The molecule has 0 radical (unpaired) electrons. The van der Waals surface area contributed by atoms with Crippen molar-refractivity contribution in [1.29, 1.82) is 0 Å². The van der Waals surface area contributed by atoms with Gasteiger partial charge < -0.3 is 5.11 Å². The Balaban J connectivity index is 2.26. The van der Waals surface area contributed by atoms with Crippen molar-refractivity contribution in [1.82, 2.24) is 0 Å². The summed E-state index contributed by atoms with van der Waals surface area (Å²) in [6, 6.07) is 12.6. The van der Waals surface area contributed by atoms with Crippen LogP contribution in [0, 0.1) is 12.7 Å². The molecule has 0 saturated heterocycles. The fourth-order valence-corrected chi connectivity index (χ4v) is 2.29. The van der Waals surface area contributed by atoms with Gasteiger partial charge in [-0.05, 0) is 48.7 Å². The van der Waals surface area contributed by atoms with E-state index in [9.17, 15) is 9.50 Å². The Morgan fingerprint density at radius 1 is 1.16 bits per heavy atom. The summed E-state index contributed by atoms with van der Waals surface area (Å²) in [5.74, 6) is -0.284. The molecule has 1 atom stereocenters. The number of aliphatic hydroxyl groups is 1. The summed E-state index contributed by atoms with van der Waals surface area (Å²) < 4.78 is 14.6. The Kier molecular flexibility index (Phi) is 4.07. The smallest absolute Gasteiger partial charge is 0.126 e. The molecule has 0 aromatic heterocycles. The summed E-state index contributed by atoms with van der Waals surface area (Å²) in [6.45, 7) is 3.42. The van der Waals surface area contributed by atoms with E-state index < -0.39 is 5.60 Å². The maximum absolute atomic E-state index is 13.6. The van der Waals surface area contributed by atoms with Gasteiger partial charge in [-0.25, -0.2) is 4.39 Å². The lowest BCUT2D eigenvalue weighted by Gasteiger charge is -2.24. The minimum atomic E-state index is -1.08. The number of benzene rings is 2. The molecule has 0 spiro atoms. The first-order valence-electron chi connectivity index (χ1n) is 6.12. The predicted octanol–water partition coefficient (Wildman–Crippen LogP) is 4.35. The zero-order valence-electron chi connectivity index (χ0n) is 11.0. The van der Waals surface area contributed by atoms with E-state index in [1.807, 2.05) is 24.3 Å². The van der Waals surface area contributed by atoms with Crippen LogP contribution in [0.4, 0.5) is 4.39 Å². The molecule has 0 aliphatic carbocycles. The molecule has 1 unspecified atom stereocenters. The van der Waals surface area contributed by atoms with Crippen molar-refractivity contribution < 1.29 is 9.50 Å². The lowest BCUT2D eigenvalue weighted by Crippen LogP contribution is -2.24. The lowest BCUT2D eigenvalue weighted by atomic mass is 9.88. The van der Waals surface area contributed by atoms with Gasteiger partial charge in [-0.1, -0.05) is 40.2 Å². The van der Waals surface area contributed by atoms with Gasteiger partial charge in [0.05, 0.1) is 5.60 Å². The van der Waals surface area contributed by atoms with Crippen molar-refractivity contribution in [2.45, 2.75) is 25.9 Å². The van der Waals surface area contributed by atoms with E-state index in [1.54, 1.807) is 26.0 Å². The summed E-state index contributed by atoms with van der Waals surface area (Å²) in [5.41, 5.74) is 1.11. The molecular formula is C16H16BrFO. The van der Waals surface area contributed by atoms with Crippen LogP contribution in [-0.2, 0) is 12.0 Å². The van der Waals surface area contributed by atoms with Crippen LogP contribution < -0.4 is 0 Å². The van der Waals surface area contributed by atoms with Crippen molar-refractivity contribution in [2.24, 2.45) is 0 Å². The first-order chi connectivity index (χ1) is 8.88. The fourth-order valence-electron chi connectivity index (χ4n) is 2.03. The van der Waals surface area contributed by atoms with Gasteiger partial charge in [-0.2, -0.15) is 0 Å². The van der Waals surface area contributed by atoms with Crippen molar-refractivity contribution >= 4 is 15.9 Å². The standard InChI is InChI=1S/C16H16BrFO/c1-11-3-6-13(9-15(11)18)16(2,19)10-12-4-7-14(17)8-5-12/h3-9,19H,10H2,1-2H3. The van der Waals surface area contributed by atoms with Gasteiger partial charge in [-0.3, -0.25) is 0 Å². The van der Waals surface area contributed by atoms with E-state index in [4.69, 9.17) is 0 Å². The molecule has 2 aromatic carbocycles. The zero-order chi connectivity index (χ0) is 14.0. The molecule has 100 valence electrons. The van der Waals surface area contributed by atoms with E-state index >= 15 is 0 Å². The van der Waals surface area contributed by atoms with E-state index in [1.165, 1.54) is 6.07 Å². The van der Waals surface area contributed by atoms with Gasteiger partial charge in [0.1, 0.15) is 5.82 Å². The fraction of sp³-hybridized carbons (Fsp3) is 0.250. The first kappa shape index (κ1) is 14.2. The molecule has 19 heavy (non-hydrogen) atoms. The summed E-state index contributed by atoms with van der Waals surface area (Å²) in [5, 5.41) is 10.5. The van der Waals surface area contributed by atoms with E-state index in [0.717, 1.165) is 10.0 Å². The second-order valence-corrected chi connectivity index (χ2v) is 5.96. The van der Waals surface area contributed by atoms with Crippen LogP contribution in [0.2, 0.25) is 0 Å². The first-order valence-corrected chi connectivity index (χ1v) is 6.91. The van der Waals surface area contributed by atoms with Crippen molar-refractivity contribution in [3.63, 3.8) is 0 Å². The number of halogens is 2. The molecule has 0 fully saturated rings. The second kappa shape index (κ2) is 5.43. The van der Waals surface area contributed by atoms with E-state index in [-0.39, 0.29) is 5.82 Å². The molecule has 0 aliphatic rings. The molecular weight excluding hydrogens is 307 g/mol. The largest absolute Gasteiger partial charge is 0.385 e. The molecule has 0 saturated carbocycles. The highest BCUT2D eigenvalue weighted by Gasteiger charge is 2.24. The summed E-state index contributed by atoms with van der Waals surface area (Å²) in [7, 11) is 0. The number of hydrogen-bond acceptors (Lipinski definition) is 1. The van der Waals surface area contributed by atoms with Crippen LogP contribution in [0.5, 0.6) is 0 Å². The monoisotopic (exact) mass is 322 g/mol. The molecule has 2 rings (SSSR count). The molecule has 1 N–H and O–H groups in total. The van der Waals surface area contributed by atoms with Crippen LogP contribution in [0.25, 0.3) is 0 Å². The molecule has 3 heteroatoms.